The highest BCUT2D eigenvalue weighted by molar-refractivity contribution is 14.1. The van der Waals surface area contributed by atoms with Gasteiger partial charge in [-0.3, -0.25) is 7.86 Å². The van der Waals surface area contributed by atoms with Crippen LogP contribution in [-0.4, -0.2) is 27.9 Å². The average molecular weight is 350 g/mol. The maximum Gasteiger partial charge on any atom is 0.336 e. The number of hydrogen-bond donors (Lipinski definition) is 2. The minimum absolute atomic E-state index is 0.0268. The van der Waals surface area contributed by atoms with Gasteiger partial charge < -0.3 is 10.2 Å². The summed E-state index contributed by atoms with van der Waals surface area (Å²) in [7, 11) is 0. The largest absolute Gasteiger partial charge is 0.478 e. The van der Waals surface area contributed by atoms with Crippen molar-refractivity contribution in [2.45, 2.75) is 6.92 Å². The van der Waals surface area contributed by atoms with Crippen molar-refractivity contribution in [1.82, 2.24) is 0 Å². The Labute approximate surface area is 106 Å². The van der Waals surface area contributed by atoms with Crippen LogP contribution in [0.5, 0.6) is 0 Å². The summed E-state index contributed by atoms with van der Waals surface area (Å²) in [5.74, 6) is -3.26. The van der Waals surface area contributed by atoms with Gasteiger partial charge in [-0.1, -0.05) is 0 Å². The number of Topliss-reactive ketones (excluding diaryl/α,β-unsaturated/α-hetero) is 1. The van der Waals surface area contributed by atoms with Gasteiger partial charge in [0.25, 0.3) is 0 Å². The first-order valence-corrected chi connectivity index (χ1v) is 6.27. The van der Waals surface area contributed by atoms with E-state index in [0.29, 0.717) is 0 Å². The minimum atomic E-state index is -1.96. The molecular weight excluding hydrogens is 343 g/mol. The average Bonchev–Trinajstić information content (AvgIpc) is 2.26. The second-order valence-corrected chi connectivity index (χ2v) is 4.65. The molecule has 0 saturated heterocycles. The predicted octanol–water partition coefficient (Wildman–Crippen LogP) is 1.77. The fourth-order valence-electron chi connectivity index (χ4n) is 1.22. The summed E-state index contributed by atoms with van der Waals surface area (Å²) in [5.41, 5.74) is -0.809. The summed E-state index contributed by atoms with van der Waals surface area (Å²) in [4.78, 5) is 32.9. The number of ketones is 1. The number of benzene rings is 1. The van der Waals surface area contributed by atoms with Gasteiger partial charge in [0.2, 0.25) is 0 Å². The second-order valence-electron chi connectivity index (χ2n) is 3.13. The number of aromatic carboxylic acids is 2. The van der Waals surface area contributed by atoms with Crippen molar-refractivity contribution in [2.24, 2.45) is 0 Å². The zero-order chi connectivity index (χ0) is 13.2. The van der Waals surface area contributed by atoms with Crippen molar-refractivity contribution in [3.63, 3.8) is 0 Å². The second kappa shape index (κ2) is 5.13. The molecule has 0 amide bonds. The highest BCUT2D eigenvalue weighted by atomic mass is 127. The number of carboxylic acid groups (broad SMARTS) is 2. The van der Waals surface area contributed by atoms with Crippen molar-refractivity contribution >= 4 is 38.9 Å². The number of hydrogen-bond acceptors (Lipinski definition) is 4. The molecular formula is C10H7IO6. The Balaban J connectivity index is 3.68. The lowest BCUT2D eigenvalue weighted by Gasteiger charge is -2.05. The predicted molar refractivity (Wildman–Crippen MR) is 63.8 cm³/mol. The zero-order valence-electron chi connectivity index (χ0n) is 8.56. The third-order valence-corrected chi connectivity index (χ3v) is 3.62. The van der Waals surface area contributed by atoms with Gasteiger partial charge in [-0.05, 0) is 19.1 Å². The molecule has 0 heterocycles. The number of rotatable bonds is 4. The molecule has 17 heavy (non-hydrogen) atoms. The van der Waals surface area contributed by atoms with Crippen LogP contribution in [0.2, 0.25) is 0 Å². The highest BCUT2D eigenvalue weighted by Gasteiger charge is 2.21. The third kappa shape index (κ3) is 2.73. The van der Waals surface area contributed by atoms with Gasteiger partial charge in [-0.15, -0.1) is 0 Å². The molecule has 0 saturated carbocycles. The van der Waals surface area contributed by atoms with Crippen LogP contribution in [-0.2, 0) is 3.07 Å². The van der Waals surface area contributed by atoms with Crippen LogP contribution in [0.15, 0.2) is 12.1 Å². The van der Waals surface area contributed by atoms with E-state index in [9.17, 15) is 17.5 Å². The Kier molecular flexibility index (Phi) is 4.05. The van der Waals surface area contributed by atoms with Crippen LogP contribution in [0, 0.1) is 3.57 Å². The maximum atomic E-state index is 11.1. The molecule has 0 atom stereocenters. The Morgan fingerprint density at radius 3 is 1.71 bits per heavy atom. The van der Waals surface area contributed by atoms with Gasteiger partial charge in [-0.25, -0.2) is 9.59 Å². The molecule has 0 aromatic heterocycles. The van der Waals surface area contributed by atoms with Crippen molar-refractivity contribution < 1.29 is 27.7 Å². The van der Waals surface area contributed by atoms with Crippen molar-refractivity contribution in [1.29, 1.82) is 0 Å². The van der Waals surface area contributed by atoms with E-state index in [1.54, 1.807) is 0 Å². The van der Waals surface area contributed by atoms with Crippen LogP contribution in [0.3, 0.4) is 0 Å². The SMILES string of the molecule is CC(=O)c1cc(C(=O)O)c(I=O)c(C(=O)O)c1. The number of carbonyl (C=O) groups excluding carboxylic acids is 1. The molecule has 0 aliphatic heterocycles. The monoisotopic (exact) mass is 350 g/mol. The van der Waals surface area contributed by atoms with E-state index in [4.69, 9.17) is 10.2 Å². The molecule has 0 radical (unpaired) electrons. The van der Waals surface area contributed by atoms with E-state index < -0.39 is 50.0 Å². The zero-order valence-corrected chi connectivity index (χ0v) is 10.7. The van der Waals surface area contributed by atoms with Gasteiger partial charge in [0.15, 0.2) is 27.0 Å². The summed E-state index contributed by atoms with van der Waals surface area (Å²) in [6.45, 7) is 1.19. The Hall–Kier alpha value is -1.64. The molecule has 90 valence electrons. The molecule has 0 aliphatic rings. The molecule has 1 rings (SSSR count). The first-order chi connectivity index (χ1) is 7.88. The summed E-state index contributed by atoms with van der Waals surface area (Å²) in [6, 6.07) is 2.09. The van der Waals surface area contributed by atoms with Gasteiger partial charge in [0.1, 0.15) is 0 Å². The molecule has 2 N–H and O–H groups in total. The summed E-state index contributed by atoms with van der Waals surface area (Å²) in [5, 5.41) is 17.8. The van der Waals surface area contributed by atoms with Gasteiger partial charge in [-0.2, -0.15) is 0 Å². The number of carbonyl (C=O) groups is 3. The number of carboxylic acids is 2. The van der Waals surface area contributed by atoms with Crippen LogP contribution in [0.4, 0.5) is 0 Å². The minimum Gasteiger partial charge on any atom is -0.478 e. The van der Waals surface area contributed by atoms with E-state index in [-0.39, 0.29) is 9.13 Å². The molecule has 7 heteroatoms. The normalized spacial score (nSPS) is 9.94. The Bertz CT molecular complexity index is 499. The molecule has 0 fully saturated rings. The summed E-state index contributed by atoms with van der Waals surface area (Å²) < 4.78 is 10.7. The molecule has 1 aromatic rings. The van der Waals surface area contributed by atoms with Crippen LogP contribution in [0.1, 0.15) is 38.0 Å². The maximum absolute atomic E-state index is 11.1. The summed E-state index contributed by atoms with van der Waals surface area (Å²) in [6.07, 6.45) is 0. The van der Waals surface area contributed by atoms with Crippen LogP contribution < -0.4 is 0 Å². The van der Waals surface area contributed by atoms with E-state index in [0.717, 1.165) is 12.1 Å². The lowest BCUT2D eigenvalue weighted by Crippen LogP contribution is -2.10. The van der Waals surface area contributed by atoms with Crippen molar-refractivity contribution in [3.8, 4) is 0 Å². The third-order valence-electron chi connectivity index (χ3n) is 2.02. The van der Waals surface area contributed by atoms with E-state index in [2.05, 4.69) is 0 Å². The van der Waals surface area contributed by atoms with Gasteiger partial charge in [0, 0.05) is 5.56 Å². The van der Waals surface area contributed by atoms with Gasteiger partial charge >= 0.3 is 11.9 Å². The van der Waals surface area contributed by atoms with Crippen LogP contribution in [0.25, 0.3) is 0 Å². The standard InChI is InChI=1S/C10H7IO6/c1-4(12)5-2-6(9(13)14)8(11-17)7(3-5)10(15)16/h2-3H,1H3,(H,13,14)(H,15,16). The lowest BCUT2D eigenvalue weighted by molar-refractivity contribution is 0.0695. The molecule has 0 unspecified atom stereocenters. The Morgan fingerprint density at radius 1 is 1.06 bits per heavy atom. The molecule has 6 nitrogen and oxygen atoms in total. The smallest absolute Gasteiger partial charge is 0.336 e. The van der Waals surface area contributed by atoms with Crippen LogP contribution >= 0.6 is 21.2 Å². The summed E-state index contributed by atoms with van der Waals surface area (Å²) >= 11 is -1.96. The Morgan fingerprint density at radius 2 is 1.47 bits per heavy atom. The van der Waals surface area contributed by atoms with Crippen molar-refractivity contribution in [2.75, 3.05) is 0 Å². The quantitative estimate of drug-likeness (QED) is 0.633. The number of halogens is 1. The topological polar surface area (TPSA) is 109 Å². The molecule has 1 aromatic carbocycles. The van der Waals surface area contributed by atoms with E-state index in [1.807, 2.05) is 0 Å². The van der Waals surface area contributed by atoms with Gasteiger partial charge in [0.05, 0.1) is 14.7 Å². The first kappa shape index (κ1) is 13.4. The van der Waals surface area contributed by atoms with E-state index >= 15 is 0 Å². The molecule has 0 spiro atoms. The fourth-order valence-corrected chi connectivity index (χ4v) is 2.47. The molecule has 0 aliphatic carbocycles. The molecule has 0 bridgehead atoms. The lowest BCUT2D eigenvalue weighted by atomic mass is 10.0. The van der Waals surface area contributed by atoms with Crippen molar-refractivity contribution in [3.05, 3.63) is 32.4 Å². The first-order valence-electron chi connectivity index (χ1n) is 4.31. The fraction of sp³-hybridized carbons (Fsp3) is 0.100. The van der Waals surface area contributed by atoms with E-state index in [1.165, 1.54) is 6.92 Å². The highest BCUT2D eigenvalue weighted by Crippen LogP contribution is 2.23.